The molecule has 1 spiro atoms. The number of hydrogen-bond donors (Lipinski definition) is 2. The Hall–Kier alpha value is -3.84. The third kappa shape index (κ3) is 5.89. The zero-order valence-corrected chi connectivity index (χ0v) is 28.7. The largest absolute Gasteiger partial charge is 0.455 e. The monoisotopic (exact) mass is 721 g/mol. The number of rotatable bonds is 6. The first-order valence-corrected chi connectivity index (χ1v) is 17.0. The number of ether oxygens (including phenoxy) is 3. The number of allylic oxidation sites excluding steroid dienone is 1. The summed E-state index contributed by atoms with van der Waals surface area (Å²) in [5.41, 5.74) is 1.56. The average Bonchev–Trinajstić information content (AvgIpc) is 3.65. The molecule has 4 aliphatic heterocycles. The first kappa shape index (κ1) is 34.0. The van der Waals surface area contributed by atoms with Gasteiger partial charge in [0, 0.05) is 36.8 Å². The molecule has 2 saturated heterocycles. The number of anilines is 1. The number of nitrogens with zero attached hydrogens (tertiary/aromatic N) is 2. The summed E-state index contributed by atoms with van der Waals surface area (Å²) >= 11 is 3.58. The van der Waals surface area contributed by atoms with Gasteiger partial charge in [-0.15, -0.1) is 0 Å². The number of carbonyl (C=O) groups is 4. The lowest BCUT2D eigenvalue weighted by Gasteiger charge is -2.36. The normalized spacial score (nSPS) is 31.4. The van der Waals surface area contributed by atoms with Crippen LogP contribution in [-0.2, 0) is 33.4 Å². The molecule has 11 nitrogen and oxygen atoms in total. The minimum Gasteiger partial charge on any atom is -0.455 e. The van der Waals surface area contributed by atoms with Crippen LogP contribution in [0.1, 0.15) is 35.6 Å². The summed E-state index contributed by atoms with van der Waals surface area (Å²) in [7, 11) is 1.50. The topological polar surface area (TPSA) is 135 Å². The Kier molecular flexibility index (Phi) is 9.89. The van der Waals surface area contributed by atoms with Crippen molar-refractivity contribution in [2.75, 3.05) is 38.3 Å². The number of likely N-dealkylation sites (tertiary alicyclic amines) is 1. The molecule has 7 atom stereocenters. The van der Waals surface area contributed by atoms with Crippen LogP contribution in [0.2, 0.25) is 0 Å². The number of benzene rings is 2. The number of β-amino-alcohol motifs (C(OH)–C–C–N with tert-alkyl or cyclic N) is 1. The number of nitrogens with one attached hydrogen (secondary N) is 1. The second-order valence-corrected chi connectivity index (χ2v) is 13.6. The summed E-state index contributed by atoms with van der Waals surface area (Å²) in [6.07, 6.45) is 4.15. The van der Waals surface area contributed by atoms with Crippen molar-refractivity contribution in [3.05, 3.63) is 87.9 Å². The van der Waals surface area contributed by atoms with Gasteiger partial charge in [0.2, 0.25) is 11.8 Å². The van der Waals surface area contributed by atoms with Crippen molar-refractivity contribution in [2.24, 2.45) is 11.8 Å². The minimum absolute atomic E-state index is 0.0561. The molecular formula is C36H40BrN3O8. The summed E-state index contributed by atoms with van der Waals surface area (Å²) in [6, 6.07) is 12.9. The molecule has 0 unspecified atom stereocenters. The molecule has 3 amide bonds. The van der Waals surface area contributed by atoms with E-state index in [1.807, 2.05) is 62.4 Å². The molecule has 0 saturated carbocycles. The smallest absolute Gasteiger partial charge is 0.313 e. The summed E-state index contributed by atoms with van der Waals surface area (Å²) in [5.74, 6) is -4.03. The van der Waals surface area contributed by atoms with Crippen LogP contribution in [0, 0.1) is 25.7 Å². The van der Waals surface area contributed by atoms with E-state index in [0.29, 0.717) is 22.2 Å². The average molecular weight is 723 g/mol. The van der Waals surface area contributed by atoms with Crippen molar-refractivity contribution in [2.45, 2.75) is 56.6 Å². The van der Waals surface area contributed by atoms with Crippen molar-refractivity contribution < 1.29 is 38.5 Å². The highest BCUT2D eigenvalue weighted by atomic mass is 79.9. The molecule has 0 aromatic heterocycles. The minimum atomic E-state index is -1.49. The van der Waals surface area contributed by atoms with Gasteiger partial charge in [-0.3, -0.25) is 19.2 Å². The lowest BCUT2D eigenvalue weighted by Crippen LogP contribution is -2.56. The van der Waals surface area contributed by atoms with E-state index in [9.17, 15) is 24.3 Å². The van der Waals surface area contributed by atoms with E-state index in [0.717, 1.165) is 11.1 Å². The molecule has 4 heterocycles. The maximum Gasteiger partial charge on any atom is 0.313 e. The van der Waals surface area contributed by atoms with Gasteiger partial charge in [0.15, 0.2) is 0 Å². The van der Waals surface area contributed by atoms with Gasteiger partial charge in [-0.25, -0.2) is 0 Å². The van der Waals surface area contributed by atoms with Crippen molar-refractivity contribution in [1.29, 1.82) is 0 Å². The number of aliphatic hydroxyl groups excluding tert-OH is 1. The number of fused-ring (bicyclic) bond motifs is 2. The zero-order chi connectivity index (χ0) is 34.2. The fourth-order valence-corrected chi connectivity index (χ4v) is 8.42. The van der Waals surface area contributed by atoms with E-state index in [2.05, 4.69) is 21.2 Å². The summed E-state index contributed by atoms with van der Waals surface area (Å²) in [5, 5.41) is 13.1. The van der Waals surface area contributed by atoms with Crippen molar-refractivity contribution in [1.82, 2.24) is 10.2 Å². The highest BCUT2D eigenvalue weighted by molar-refractivity contribution is 9.11. The Balaban J connectivity index is 1.49. The second kappa shape index (κ2) is 13.9. The number of hydrogen-bond acceptors (Lipinski definition) is 8. The van der Waals surface area contributed by atoms with Gasteiger partial charge in [-0.1, -0.05) is 76.6 Å². The molecule has 2 N–H and O–H groups in total. The number of methoxy groups -OCH3 is 1. The molecular weight excluding hydrogens is 682 g/mol. The highest BCUT2D eigenvalue weighted by Crippen LogP contribution is 2.59. The predicted molar refractivity (Wildman–Crippen MR) is 180 cm³/mol. The molecule has 254 valence electrons. The van der Waals surface area contributed by atoms with Crippen LogP contribution >= 0.6 is 15.9 Å². The fraction of sp³-hybridized carbons (Fsp3) is 0.444. The molecule has 2 fully saturated rings. The first-order chi connectivity index (χ1) is 23.1. The Bertz CT molecular complexity index is 1630. The number of aryl methyl sites for hydroxylation is 2. The maximum absolute atomic E-state index is 14.9. The van der Waals surface area contributed by atoms with Gasteiger partial charge >= 0.3 is 5.97 Å². The van der Waals surface area contributed by atoms with E-state index in [1.54, 1.807) is 23.1 Å². The standard InChI is InChI=1S/C36H40BrN3O8/c1-21-11-10-12-22(2)29(21)39-16-9-5-8-15-26(42)38-25(20-46-3)30(23-13-6-4-7-14-23)47-35(45)27-28-33(43)40(17-18-41)32(34(39)44)36(28)19-24(37)31(27)48-36/h4-7,9-14,19,25,27-28,30-32,41H,8,15-18,20H2,1-3H3,(H,38,42)/b9-5-/t25-,27+,28-,30-,31+,32+,36-/m1/s1. The van der Waals surface area contributed by atoms with Gasteiger partial charge in [0.05, 0.1) is 25.2 Å². The van der Waals surface area contributed by atoms with Gasteiger partial charge in [-0.2, -0.15) is 0 Å². The Morgan fingerprint density at radius 2 is 1.73 bits per heavy atom. The fourth-order valence-electron chi connectivity index (χ4n) is 7.69. The van der Waals surface area contributed by atoms with E-state index in [4.69, 9.17) is 14.2 Å². The third-order valence-electron chi connectivity index (χ3n) is 9.67. The van der Waals surface area contributed by atoms with Crippen molar-refractivity contribution in [3.8, 4) is 0 Å². The predicted octanol–water partition coefficient (Wildman–Crippen LogP) is 3.27. The molecule has 2 aromatic rings. The van der Waals surface area contributed by atoms with Crippen LogP contribution in [0.15, 0.2) is 71.2 Å². The van der Waals surface area contributed by atoms with E-state index < -0.39 is 59.5 Å². The number of aliphatic hydroxyl groups is 1. The van der Waals surface area contributed by atoms with Crippen LogP contribution in [0.5, 0.6) is 0 Å². The van der Waals surface area contributed by atoms with Gasteiger partial charge < -0.3 is 34.4 Å². The molecule has 0 radical (unpaired) electrons. The Morgan fingerprint density at radius 3 is 2.42 bits per heavy atom. The lowest BCUT2D eigenvalue weighted by molar-refractivity contribution is -0.162. The second-order valence-electron chi connectivity index (χ2n) is 12.7. The number of amides is 3. The first-order valence-electron chi connectivity index (χ1n) is 16.2. The van der Waals surface area contributed by atoms with Crippen molar-refractivity contribution in [3.63, 3.8) is 0 Å². The molecule has 0 aliphatic carbocycles. The van der Waals surface area contributed by atoms with E-state index in [1.165, 1.54) is 12.0 Å². The van der Waals surface area contributed by atoms with Crippen LogP contribution in [-0.4, -0.2) is 90.9 Å². The van der Waals surface area contributed by atoms with Crippen molar-refractivity contribution >= 4 is 45.3 Å². The lowest BCUT2D eigenvalue weighted by atomic mass is 9.74. The highest BCUT2D eigenvalue weighted by Gasteiger charge is 2.75. The molecule has 48 heavy (non-hydrogen) atoms. The Labute approximate surface area is 288 Å². The van der Waals surface area contributed by atoms with Gasteiger partial charge in [0.1, 0.15) is 29.8 Å². The SMILES string of the molecule is COC[C@H]1NC(=O)CC/C=C\CN(c2c(C)cccc2C)C(=O)[C@@H]2N(CCO)C(=O)[C@H]3[C@H](C(=O)O[C@@H]1c1ccccc1)[C@H]1O[C@@]23C=C1Br. The van der Waals surface area contributed by atoms with Crippen LogP contribution in [0.3, 0.4) is 0 Å². The Morgan fingerprint density at radius 1 is 1.00 bits per heavy atom. The summed E-state index contributed by atoms with van der Waals surface area (Å²) in [4.78, 5) is 59.9. The number of halogens is 1. The molecule has 5 bridgehead atoms. The summed E-state index contributed by atoms with van der Waals surface area (Å²) < 4.78 is 18.8. The zero-order valence-electron chi connectivity index (χ0n) is 27.1. The molecule has 6 rings (SSSR count). The summed E-state index contributed by atoms with van der Waals surface area (Å²) in [6.45, 7) is 3.53. The molecule has 4 aliphatic rings. The number of para-hydroxylation sites is 1. The molecule has 12 heteroatoms. The third-order valence-corrected chi connectivity index (χ3v) is 10.4. The van der Waals surface area contributed by atoms with Crippen LogP contribution in [0.4, 0.5) is 5.69 Å². The van der Waals surface area contributed by atoms with Crippen LogP contribution < -0.4 is 10.2 Å². The van der Waals surface area contributed by atoms with Gasteiger partial charge in [0.25, 0.3) is 5.91 Å². The van der Waals surface area contributed by atoms with E-state index in [-0.39, 0.29) is 38.6 Å². The number of esters is 1. The number of cyclic esters (lactones) is 1. The van der Waals surface area contributed by atoms with Crippen LogP contribution in [0.25, 0.3) is 0 Å². The van der Waals surface area contributed by atoms with E-state index >= 15 is 0 Å². The van der Waals surface area contributed by atoms with Gasteiger partial charge in [-0.05, 0) is 43.0 Å². The quantitative estimate of drug-likeness (QED) is 0.343. The molecule has 2 aromatic carbocycles. The maximum atomic E-state index is 14.9. The number of carbonyl (C=O) groups excluding carboxylic acids is 4.